The average Bonchev–Trinajstić information content (AvgIpc) is 2.68. The molecule has 1 aromatic heterocycles. The second kappa shape index (κ2) is 5.35. The molecule has 0 aliphatic heterocycles. The standard InChI is InChI=1S/C13H12BrClS/c1-9-4-11(7-12(15)5-9)13(14)6-10-2-3-16-8-10/h2-5,7-8,13H,6H2,1H3. The molecule has 16 heavy (non-hydrogen) atoms. The number of aryl methyl sites for hydroxylation is 1. The van der Waals surface area contributed by atoms with Gasteiger partial charge in [-0.2, -0.15) is 11.3 Å². The van der Waals surface area contributed by atoms with E-state index in [0.29, 0.717) is 4.83 Å². The molecule has 1 unspecified atom stereocenters. The normalized spacial score (nSPS) is 12.7. The van der Waals surface area contributed by atoms with Gasteiger partial charge in [-0.25, -0.2) is 0 Å². The molecule has 0 radical (unpaired) electrons. The third-order valence-corrected chi connectivity index (χ3v) is 4.22. The van der Waals surface area contributed by atoms with Crippen LogP contribution in [0.15, 0.2) is 35.0 Å². The van der Waals surface area contributed by atoms with Crippen LogP contribution in [-0.4, -0.2) is 0 Å². The quantitative estimate of drug-likeness (QED) is 0.666. The molecule has 0 N–H and O–H groups in total. The second-order valence-corrected chi connectivity index (χ2v) is 6.19. The Labute approximate surface area is 113 Å². The molecule has 0 nitrogen and oxygen atoms in total. The van der Waals surface area contributed by atoms with E-state index >= 15 is 0 Å². The van der Waals surface area contributed by atoms with Gasteiger partial charge < -0.3 is 0 Å². The summed E-state index contributed by atoms with van der Waals surface area (Å²) in [6.07, 6.45) is 1.00. The van der Waals surface area contributed by atoms with Crippen LogP contribution in [0.1, 0.15) is 21.5 Å². The molecule has 0 aliphatic rings. The fourth-order valence-corrected chi connectivity index (χ4v) is 3.30. The van der Waals surface area contributed by atoms with Crippen molar-refractivity contribution >= 4 is 38.9 Å². The minimum absolute atomic E-state index is 0.333. The molecular weight excluding hydrogens is 304 g/mol. The van der Waals surface area contributed by atoms with Gasteiger partial charge in [0.05, 0.1) is 0 Å². The maximum atomic E-state index is 6.06. The van der Waals surface area contributed by atoms with Gasteiger partial charge in [0, 0.05) is 9.85 Å². The Kier molecular flexibility index (Phi) is 4.06. The van der Waals surface area contributed by atoms with Crippen LogP contribution in [0.5, 0.6) is 0 Å². The van der Waals surface area contributed by atoms with Crippen molar-refractivity contribution in [3.63, 3.8) is 0 Å². The van der Waals surface area contributed by atoms with Gasteiger partial charge in [0.15, 0.2) is 0 Å². The summed E-state index contributed by atoms with van der Waals surface area (Å²) < 4.78 is 0. The molecule has 84 valence electrons. The highest BCUT2D eigenvalue weighted by Gasteiger charge is 2.10. The van der Waals surface area contributed by atoms with E-state index in [1.165, 1.54) is 16.7 Å². The van der Waals surface area contributed by atoms with Crippen molar-refractivity contribution < 1.29 is 0 Å². The molecule has 1 heterocycles. The van der Waals surface area contributed by atoms with Crippen LogP contribution in [0.3, 0.4) is 0 Å². The molecule has 0 amide bonds. The smallest absolute Gasteiger partial charge is 0.0436 e. The maximum Gasteiger partial charge on any atom is 0.0436 e. The molecule has 0 saturated heterocycles. The van der Waals surface area contributed by atoms with E-state index in [4.69, 9.17) is 11.6 Å². The molecule has 0 saturated carbocycles. The van der Waals surface area contributed by atoms with Gasteiger partial charge >= 0.3 is 0 Å². The largest absolute Gasteiger partial charge is 0.152 e. The van der Waals surface area contributed by atoms with E-state index in [2.05, 4.69) is 45.7 Å². The van der Waals surface area contributed by atoms with Gasteiger partial charge in [-0.15, -0.1) is 0 Å². The summed E-state index contributed by atoms with van der Waals surface area (Å²) in [7, 11) is 0. The number of hydrogen-bond donors (Lipinski definition) is 0. The lowest BCUT2D eigenvalue weighted by atomic mass is 10.0. The Bertz CT molecular complexity index is 445. The molecular formula is C13H12BrClS. The zero-order valence-electron chi connectivity index (χ0n) is 8.91. The Hall–Kier alpha value is -0.310. The molecule has 3 heteroatoms. The number of hydrogen-bond acceptors (Lipinski definition) is 1. The summed E-state index contributed by atoms with van der Waals surface area (Å²) in [6.45, 7) is 2.07. The number of halogens is 2. The maximum absolute atomic E-state index is 6.06. The molecule has 0 aliphatic carbocycles. The van der Waals surface area contributed by atoms with E-state index in [9.17, 15) is 0 Å². The first-order valence-electron chi connectivity index (χ1n) is 5.07. The minimum Gasteiger partial charge on any atom is -0.152 e. The summed E-state index contributed by atoms with van der Waals surface area (Å²) in [4.78, 5) is 0.333. The van der Waals surface area contributed by atoms with Crippen molar-refractivity contribution in [2.45, 2.75) is 18.2 Å². The summed E-state index contributed by atoms with van der Waals surface area (Å²) in [6, 6.07) is 8.35. The van der Waals surface area contributed by atoms with Crippen LogP contribution in [0.2, 0.25) is 5.02 Å². The van der Waals surface area contributed by atoms with Crippen LogP contribution in [-0.2, 0) is 6.42 Å². The predicted molar refractivity (Wildman–Crippen MR) is 75.9 cm³/mol. The molecule has 2 rings (SSSR count). The van der Waals surface area contributed by atoms with Gasteiger partial charge in [0.2, 0.25) is 0 Å². The summed E-state index contributed by atoms with van der Waals surface area (Å²) in [5.41, 5.74) is 3.82. The van der Waals surface area contributed by atoms with Crippen LogP contribution in [0.4, 0.5) is 0 Å². The molecule has 0 fully saturated rings. The van der Waals surface area contributed by atoms with Crippen LogP contribution < -0.4 is 0 Å². The highest BCUT2D eigenvalue weighted by atomic mass is 79.9. The summed E-state index contributed by atoms with van der Waals surface area (Å²) in [5, 5.41) is 5.11. The lowest BCUT2D eigenvalue weighted by molar-refractivity contribution is 0.952. The second-order valence-electron chi connectivity index (χ2n) is 3.87. The van der Waals surface area contributed by atoms with Crippen molar-refractivity contribution in [3.8, 4) is 0 Å². The monoisotopic (exact) mass is 314 g/mol. The summed E-state index contributed by atoms with van der Waals surface area (Å²) >= 11 is 11.5. The lowest BCUT2D eigenvalue weighted by Gasteiger charge is -2.10. The first kappa shape index (κ1) is 12.2. The lowest BCUT2D eigenvalue weighted by Crippen LogP contribution is -1.94. The third kappa shape index (κ3) is 3.09. The van der Waals surface area contributed by atoms with E-state index in [1.807, 2.05) is 12.1 Å². The Morgan fingerprint density at radius 3 is 2.81 bits per heavy atom. The van der Waals surface area contributed by atoms with Gasteiger partial charge in [0.1, 0.15) is 0 Å². The number of thiophene rings is 1. The average molecular weight is 316 g/mol. The highest BCUT2D eigenvalue weighted by molar-refractivity contribution is 9.09. The van der Waals surface area contributed by atoms with Gasteiger partial charge in [0.25, 0.3) is 0 Å². The van der Waals surface area contributed by atoms with Crippen molar-refractivity contribution in [3.05, 3.63) is 56.7 Å². The number of benzene rings is 1. The van der Waals surface area contributed by atoms with Crippen molar-refractivity contribution in [1.29, 1.82) is 0 Å². The highest BCUT2D eigenvalue weighted by Crippen LogP contribution is 2.30. The molecule has 1 aromatic carbocycles. The van der Waals surface area contributed by atoms with Gasteiger partial charge in [-0.05, 0) is 59.0 Å². The SMILES string of the molecule is Cc1cc(Cl)cc(C(Br)Cc2ccsc2)c1. The zero-order valence-corrected chi connectivity index (χ0v) is 12.1. The first-order chi connectivity index (χ1) is 7.65. The Morgan fingerprint density at radius 1 is 1.38 bits per heavy atom. The van der Waals surface area contributed by atoms with Crippen molar-refractivity contribution in [1.82, 2.24) is 0 Å². The number of alkyl halides is 1. The fraction of sp³-hybridized carbons (Fsp3) is 0.231. The first-order valence-corrected chi connectivity index (χ1v) is 7.31. The molecule has 0 bridgehead atoms. The molecule has 2 aromatic rings. The molecule has 0 spiro atoms. The van der Waals surface area contributed by atoms with E-state index in [0.717, 1.165) is 11.4 Å². The van der Waals surface area contributed by atoms with Gasteiger partial charge in [-0.3, -0.25) is 0 Å². The van der Waals surface area contributed by atoms with Crippen LogP contribution in [0.25, 0.3) is 0 Å². The van der Waals surface area contributed by atoms with Crippen LogP contribution in [0, 0.1) is 6.92 Å². The fourth-order valence-electron chi connectivity index (χ4n) is 1.68. The molecule has 1 atom stereocenters. The predicted octanol–water partition coefficient (Wildman–Crippen LogP) is 5.39. The van der Waals surface area contributed by atoms with Gasteiger partial charge in [-0.1, -0.05) is 33.6 Å². The Morgan fingerprint density at radius 2 is 2.19 bits per heavy atom. The van der Waals surface area contributed by atoms with E-state index < -0.39 is 0 Å². The zero-order chi connectivity index (χ0) is 11.5. The minimum atomic E-state index is 0.333. The van der Waals surface area contributed by atoms with Crippen LogP contribution >= 0.6 is 38.9 Å². The van der Waals surface area contributed by atoms with E-state index in [-0.39, 0.29) is 0 Å². The van der Waals surface area contributed by atoms with E-state index in [1.54, 1.807) is 11.3 Å². The van der Waals surface area contributed by atoms with Crippen molar-refractivity contribution in [2.75, 3.05) is 0 Å². The van der Waals surface area contributed by atoms with Crippen molar-refractivity contribution in [2.24, 2.45) is 0 Å². The Balaban J connectivity index is 2.17. The summed E-state index contributed by atoms with van der Waals surface area (Å²) in [5.74, 6) is 0. The third-order valence-electron chi connectivity index (χ3n) is 2.42. The topological polar surface area (TPSA) is 0 Å². The number of rotatable bonds is 3.